The number of aliphatic imine (C=N–C) groups is 2. The molecule has 0 radical (unpaired) electrons. The summed E-state index contributed by atoms with van der Waals surface area (Å²) in [5.41, 5.74) is 2.81. The zero-order valence-corrected chi connectivity index (χ0v) is 18.0. The molecule has 0 bridgehead atoms. The molecule has 0 aliphatic rings. The van der Waals surface area contributed by atoms with Gasteiger partial charge in [0.05, 0.1) is 35.9 Å². The molecule has 32 heavy (non-hydrogen) atoms. The molecule has 162 valence electrons. The highest BCUT2D eigenvalue weighted by molar-refractivity contribution is 5.78. The maximum atomic E-state index is 12.3. The molecule has 0 N–H and O–H groups in total. The van der Waals surface area contributed by atoms with Crippen molar-refractivity contribution in [3.63, 3.8) is 0 Å². The molecular formula is C24H24N6O2. The van der Waals surface area contributed by atoms with Crippen molar-refractivity contribution >= 4 is 12.4 Å². The lowest BCUT2D eigenvalue weighted by Gasteiger charge is -2.08. The van der Waals surface area contributed by atoms with E-state index in [0.717, 1.165) is 11.4 Å². The summed E-state index contributed by atoms with van der Waals surface area (Å²) in [7, 11) is 3.65. The molecule has 0 saturated carbocycles. The van der Waals surface area contributed by atoms with Gasteiger partial charge in [0.15, 0.2) is 0 Å². The molecule has 0 spiro atoms. The molecule has 8 nitrogen and oxygen atoms in total. The molecule has 4 aromatic rings. The van der Waals surface area contributed by atoms with E-state index in [2.05, 4.69) is 9.98 Å². The SMILES string of the molecule is Cn1c(C=NCCN=Cc2cc(=O)n(-c3ccccc3)n2C)cc(=O)n1-c1ccccc1. The van der Waals surface area contributed by atoms with Crippen molar-refractivity contribution in [2.45, 2.75) is 0 Å². The molecule has 0 unspecified atom stereocenters. The average molecular weight is 428 g/mol. The van der Waals surface area contributed by atoms with Crippen LogP contribution in [0.25, 0.3) is 11.4 Å². The molecule has 0 fully saturated rings. The number of benzene rings is 2. The lowest BCUT2D eigenvalue weighted by atomic mass is 10.3. The number of para-hydroxylation sites is 2. The Morgan fingerprint density at radius 1 is 0.656 bits per heavy atom. The molecule has 0 aliphatic heterocycles. The van der Waals surface area contributed by atoms with Crippen molar-refractivity contribution in [3.8, 4) is 11.4 Å². The van der Waals surface area contributed by atoms with Crippen LogP contribution >= 0.6 is 0 Å². The third kappa shape index (κ3) is 4.29. The van der Waals surface area contributed by atoms with Crippen LogP contribution < -0.4 is 11.1 Å². The maximum Gasteiger partial charge on any atom is 0.272 e. The standard InChI is InChI=1S/C24H24N6O2/c1-27-21(15-23(31)29(27)19-9-5-3-6-10-19)17-25-13-14-26-18-22-16-24(32)30(28(22)2)20-11-7-4-8-12-20/h3-12,15-18H,13-14H2,1-2H3. The lowest BCUT2D eigenvalue weighted by molar-refractivity contribution is 0.642. The fourth-order valence-electron chi connectivity index (χ4n) is 3.50. The maximum absolute atomic E-state index is 12.3. The highest BCUT2D eigenvalue weighted by atomic mass is 16.1. The van der Waals surface area contributed by atoms with Gasteiger partial charge < -0.3 is 0 Å². The topological polar surface area (TPSA) is 78.6 Å². The third-order valence-corrected chi connectivity index (χ3v) is 5.11. The van der Waals surface area contributed by atoms with Crippen LogP contribution in [-0.4, -0.2) is 44.2 Å². The second-order valence-electron chi connectivity index (χ2n) is 7.23. The molecule has 0 amide bonds. The van der Waals surface area contributed by atoms with E-state index in [1.165, 1.54) is 0 Å². The first kappa shape index (κ1) is 21.0. The first-order chi connectivity index (χ1) is 15.6. The largest absolute Gasteiger partial charge is 0.289 e. The summed E-state index contributed by atoms with van der Waals surface area (Å²) in [5, 5.41) is 0. The first-order valence-corrected chi connectivity index (χ1v) is 10.2. The Kier molecular flexibility index (Phi) is 6.12. The normalized spacial score (nSPS) is 11.7. The number of rotatable bonds is 7. The van der Waals surface area contributed by atoms with Gasteiger partial charge in [0.1, 0.15) is 0 Å². The van der Waals surface area contributed by atoms with Crippen LogP contribution in [-0.2, 0) is 14.1 Å². The zero-order valence-electron chi connectivity index (χ0n) is 18.0. The highest BCUT2D eigenvalue weighted by Crippen LogP contribution is 2.06. The van der Waals surface area contributed by atoms with Crippen molar-refractivity contribution in [1.29, 1.82) is 0 Å². The molecule has 2 aromatic carbocycles. The zero-order chi connectivity index (χ0) is 22.5. The average Bonchev–Trinajstić information content (AvgIpc) is 3.25. The van der Waals surface area contributed by atoms with E-state index in [1.807, 2.05) is 74.8 Å². The monoisotopic (exact) mass is 428 g/mol. The van der Waals surface area contributed by atoms with Crippen molar-refractivity contribution in [1.82, 2.24) is 18.7 Å². The van der Waals surface area contributed by atoms with E-state index in [9.17, 15) is 9.59 Å². The molecule has 0 atom stereocenters. The van der Waals surface area contributed by atoms with E-state index < -0.39 is 0 Å². The quantitative estimate of drug-likeness (QED) is 0.334. The minimum atomic E-state index is -0.109. The summed E-state index contributed by atoms with van der Waals surface area (Å²) in [4.78, 5) is 33.5. The van der Waals surface area contributed by atoms with Crippen LogP contribution in [0.2, 0.25) is 0 Å². The lowest BCUT2D eigenvalue weighted by Crippen LogP contribution is -2.19. The first-order valence-electron chi connectivity index (χ1n) is 10.2. The van der Waals surface area contributed by atoms with Crippen molar-refractivity contribution in [3.05, 3.63) is 105 Å². The van der Waals surface area contributed by atoms with Crippen molar-refractivity contribution in [2.75, 3.05) is 13.1 Å². The van der Waals surface area contributed by atoms with Crippen LogP contribution in [0.3, 0.4) is 0 Å². The summed E-state index contributed by atoms with van der Waals surface area (Å²) >= 11 is 0. The Balaban J connectivity index is 1.40. The van der Waals surface area contributed by atoms with Gasteiger partial charge in [-0.15, -0.1) is 0 Å². The predicted octanol–water partition coefficient (Wildman–Crippen LogP) is 2.20. The Labute approximate surface area is 185 Å². The van der Waals surface area contributed by atoms with Gasteiger partial charge in [-0.2, -0.15) is 0 Å². The van der Waals surface area contributed by atoms with E-state index in [4.69, 9.17) is 0 Å². The predicted molar refractivity (Wildman–Crippen MR) is 127 cm³/mol. The van der Waals surface area contributed by atoms with Crippen LogP contribution in [0.15, 0.2) is 92.4 Å². The molecule has 0 saturated heterocycles. The van der Waals surface area contributed by atoms with E-state index >= 15 is 0 Å². The highest BCUT2D eigenvalue weighted by Gasteiger charge is 2.09. The van der Waals surface area contributed by atoms with Gasteiger partial charge in [0.2, 0.25) is 0 Å². The second-order valence-corrected chi connectivity index (χ2v) is 7.23. The van der Waals surface area contributed by atoms with Crippen molar-refractivity contribution in [2.24, 2.45) is 24.1 Å². The Hall–Kier alpha value is -4.20. The minimum absolute atomic E-state index is 0.109. The van der Waals surface area contributed by atoms with Crippen LogP contribution in [0.4, 0.5) is 0 Å². The van der Waals surface area contributed by atoms with E-state index in [1.54, 1.807) is 43.3 Å². The number of hydrogen-bond acceptors (Lipinski definition) is 4. The van der Waals surface area contributed by atoms with E-state index in [0.29, 0.717) is 24.5 Å². The van der Waals surface area contributed by atoms with Crippen LogP contribution in [0.5, 0.6) is 0 Å². The summed E-state index contributed by atoms with van der Waals surface area (Å²) in [6, 6.07) is 22.0. The fraction of sp³-hybridized carbons (Fsp3) is 0.167. The van der Waals surface area contributed by atoms with Gasteiger partial charge >= 0.3 is 0 Å². The van der Waals surface area contributed by atoms with Crippen LogP contribution in [0.1, 0.15) is 11.4 Å². The molecule has 4 rings (SSSR count). The Morgan fingerprint density at radius 2 is 1.03 bits per heavy atom. The van der Waals surface area contributed by atoms with Gasteiger partial charge in [-0.05, 0) is 24.3 Å². The molecule has 8 heteroatoms. The van der Waals surface area contributed by atoms with Crippen LogP contribution in [0, 0.1) is 0 Å². The number of nitrogens with zero attached hydrogens (tertiary/aromatic N) is 6. The second kappa shape index (κ2) is 9.30. The van der Waals surface area contributed by atoms with Crippen molar-refractivity contribution < 1.29 is 0 Å². The molecule has 0 aliphatic carbocycles. The Morgan fingerprint density at radius 3 is 1.41 bits per heavy atom. The molecule has 2 heterocycles. The smallest absolute Gasteiger partial charge is 0.272 e. The Bertz CT molecular complexity index is 1260. The van der Waals surface area contributed by atoms with Gasteiger partial charge in [-0.25, -0.2) is 9.36 Å². The van der Waals surface area contributed by atoms with Gasteiger partial charge in [-0.3, -0.25) is 28.9 Å². The van der Waals surface area contributed by atoms with Gasteiger partial charge in [-0.1, -0.05) is 36.4 Å². The van der Waals surface area contributed by atoms with Gasteiger partial charge in [0.25, 0.3) is 11.1 Å². The third-order valence-electron chi connectivity index (χ3n) is 5.11. The molecular weight excluding hydrogens is 404 g/mol. The van der Waals surface area contributed by atoms with E-state index in [-0.39, 0.29) is 11.1 Å². The molecule has 2 aromatic heterocycles. The summed E-state index contributed by atoms with van der Waals surface area (Å²) in [6.45, 7) is 0.934. The number of aromatic nitrogens is 4. The summed E-state index contributed by atoms with van der Waals surface area (Å²) < 4.78 is 6.73. The summed E-state index contributed by atoms with van der Waals surface area (Å²) in [5.74, 6) is 0. The van der Waals surface area contributed by atoms with Gasteiger partial charge in [0, 0.05) is 38.7 Å². The minimum Gasteiger partial charge on any atom is -0.289 e. The summed E-state index contributed by atoms with van der Waals surface area (Å²) in [6.07, 6.45) is 3.36. The number of hydrogen-bond donors (Lipinski definition) is 0. The fourth-order valence-corrected chi connectivity index (χ4v) is 3.50.